The highest BCUT2D eigenvalue weighted by Gasteiger charge is 2.33. The molecule has 1 saturated carbocycles. The number of nitrogens with one attached hydrogen (secondary N) is 1. The van der Waals surface area contributed by atoms with Crippen LogP contribution in [-0.2, 0) is 0 Å². The fourth-order valence-electron chi connectivity index (χ4n) is 3.08. The molecule has 0 aromatic carbocycles. The van der Waals surface area contributed by atoms with Gasteiger partial charge in [-0.3, -0.25) is 0 Å². The van der Waals surface area contributed by atoms with Crippen molar-refractivity contribution in [3.05, 3.63) is 0 Å². The molecular weight excluding hydrogens is 222 g/mol. The molecule has 1 aliphatic heterocycles. The molecule has 0 aromatic heterocycles. The first kappa shape index (κ1) is 14.3. The van der Waals surface area contributed by atoms with Crippen molar-refractivity contribution in [3.63, 3.8) is 0 Å². The third-order valence-electron chi connectivity index (χ3n) is 4.58. The van der Waals surface area contributed by atoms with Crippen molar-refractivity contribution in [2.75, 3.05) is 32.7 Å². The van der Waals surface area contributed by atoms with Crippen LogP contribution in [0.25, 0.3) is 0 Å². The second kappa shape index (κ2) is 6.36. The number of piperidine rings is 1. The van der Waals surface area contributed by atoms with Crippen molar-refractivity contribution in [2.45, 2.75) is 51.5 Å². The molecule has 0 aromatic rings. The third-order valence-corrected chi connectivity index (χ3v) is 4.58. The second-order valence-corrected chi connectivity index (χ2v) is 6.84. The summed E-state index contributed by atoms with van der Waals surface area (Å²) >= 11 is 0. The Kier molecular flexibility index (Phi) is 5.05. The van der Waals surface area contributed by atoms with E-state index in [-0.39, 0.29) is 5.54 Å². The predicted molar refractivity (Wildman–Crippen MR) is 77.6 cm³/mol. The van der Waals surface area contributed by atoms with Gasteiger partial charge in [0.05, 0.1) is 0 Å². The molecular formula is C15H31N3. The second-order valence-electron chi connectivity index (χ2n) is 6.84. The average Bonchev–Trinajstić information content (AvgIpc) is 3.15. The lowest BCUT2D eigenvalue weighted by molar-refractivity contribution is 0.128. The normalized spacial score (nSPS) is 24.7. The summed E-state index contributed by atoms with van der Waals surface area (Å²) in [5.74, 6) is 1.80. The van der Waals surface area contributed by atoms with Gasteiger partial charge in [0.1, 0.15) is 0 Å². The van der Waals surface area contributed by atoms with Gasteiger partial charge in [-0.25, -0.2) is 0 Å². The smallest absolute Gasteiger partial charge is 0.0328 e. The molecule has 2 fully saturated rings. The molecule has 2 rings (SSSR count). The maximum Gasteiger partial charge on any atom is 0.0328 e. The van der Waals surface area contributed by atoms with E-state index in [9.17, 15) is 0 Å². The van der Waals surface area contributed by atoms with Crippen molar-refractivity contribution in [1.82, 2.24) is 10.2 Å². The number of nitrogens with two attached hydrogens (primary N) is 1. The molecule has 3 heteroatoms. The molecule has 1 saturated heterocycles. The number of hydrogen-bond donors (Lipinski definition) is 2. The van der Waals surface area contributed by atoms with Gasteiger partial charge in [0.2, 0.25) is 0 Å². The van der Waals surface area contributed by atoms with Crippen LogP contribution < -0.4 is 11.1 Å². The third kappa shape index (κ3) is 4.22. The highest BCUT2D eigenvalue weighted by atomic mass is 15.2. The fraction of sp³-hybridized carbons (Fsp3) is 1.00. The Balaban J connectivity index is 1.71. The molecule has 0 spiro atoms. The van der Waals surface area contributed by atoms with Crippen LogP contribution in [0.1, 0.15) is 46.0 Å². The molecule has 0 unspecified atom stereocenters. The van der Waals surface area contributed by atoms with Crippen LogP contribution in [0, 0.1) is 11.8 Å². The van der Waals surface area contributed by atoms with Gasteiger partial charge in [-0.2, -0.15) is 0 Å². The van der Waals surface area contributed by atoms with Gasteiger partial charge in [0.15, 0.2) is 0 Å². The lowest BCUT2D eigenvalue weighted by Gasteiger charge is -2.42. The van der Waals surface area contributed by atoms with Gasteiger partial charge in [-0.1, -0.05) is 26.7 Å². The van der Waals surface area contributed by atoms with Gasteiger partial charge in [-0.05, 0) is 50.7 Å². The first-order valence-corrected chi connectivity index (χ1v) is 7.81. The van der Waals surface area contributed by atoms with Crippen molar-refractivity contribution >= 4 is 0 Å². The minimum Gasteiger partial charge on any atom is -0.329 e. The van der Waals surface area contributed by atoms with Crippen LogP contribution in [0.3, 0.4) is 0 Å². The Bertz CT molecular complexity index is 240. The SMILES string of the molecule is CC(C)CN1CCC(CN)(NCCC2CC2)CC1. The zero-order valence-electron chi connectivity index (χ0n) is 12.3. The molecule has 106 valence electrons. The summed E-state index contributed by atoms with van der Waals surface area (Å²) in [7, 11) is 0. The summed E-state index contributed by atoms with van der Waals surface area (Å²) in [4.78, 5) is 2.60. The molecule has 0 amide bonds. The lowest BCUT2D eigenvalue weighted by Crippen LogP contribution is -2.58. The van der Waals surface area contributed by atoms with Gasteiger partial charge in [0.25, 0.3) is 0 Å². The minimum atomic E-state index is 0.238. The summed E-state index contributed by atoms with van der Waals surface area (Å²) in [5, 5.41) is 3.78. The van der Waals surface area contributed by atoms with Crippen LogP contribution >= 0.6 is 0 Å². The monoisotopic (exact) mass is 253 g/mol. The molecule has 0 atom stereocenters. The van der Waals surface area contributed by atoms with Crippen LogP contribution in [0.4, 0.5) is 0 Å². The molecule has 1 heterocycles. The highest BCUT2D eigenvalue weighted by Crippen LogP contribution is 2.32. The molecule has 2 aliphatic rings. The summed E-state index contributed by atoms with van der Waals surface area (Å²) in [6.07, 6.45) is 6.72. The fourth-order valence-corrected chi connectivity index (χ4v) is 3.08. The first-order valence-electron chi connectivity index (χ1n) is 7.81. The highest BCUT2D eigenvalue weighted by molar-refractivity contribution is 4.94. The van der Waals surface area contributed by atoms with E-state index in [1.165, 1.54) is 58.3 Å². The summed E-state index contributed by atoms with van der Waals surface area (Å²) < 4.78 is 0. The van der Waals surface area contributed by atoms with Gasteiger partial charge in [-0.15, -0.1) is 0 Å². The van der Waals surface area contributed by atoms with Gasteiger partial charge >= 0.3 is 0 Å². The summed E-state index contributed by atoms with van der Waals surface area (Å²) in [6, 6.07) is 0. The molecule has 3 N–H and O–H groups in total. The Labute approximate surface area is 112 Å². The first-order chi connectivity index (χ1) is 8.63. The molecule has 18 heavy (non-hydrogen) atoms. The Morgan fingerprint density at radius 1 is 1.28 bits per heavy atom. The average molecular weight is 253 g/mol. The van der Waals surface area contributed by atoms with Crippen molar-refractivity contribution in [1.29, 1.82) is 0 Å². The minimum absolute atomic E-state index is 0.238. The van der Waals surface area contributed by atoms with E-state index in [0.29, 0.717) is 0 Å². The lowest BCUT2D eigenvalue weighted by atomic mass is 9.87. The molecule has 3 nitrogen and oxygen atoms in total. The van der Waals surface area contributed by atoms with Crippen LogP contribution in [0.15, 0.2) is 0 Å². The van der Waals surface area contributed by atoms with Crippen molar-refractivity contribution in [2.24, 2.45) is 17.6 Å². The Hall–Kier alpha value is -0.120. The van der Waals surface area contributed by atoms with Crippen LogP contribution in [0.5, 0.6) is 0 Å². The maximum absolute atomic E-state index is 6.04. The Morgan fingerprint density at radius 2 is 1.94 bits per heavy atom. The quantitative estimate of drug-likeness (QED) is 0.727. The molecule has 0 radical (unpaired) electrons. The molecule has 0 bridgehead atoms. The predicted octanol–water partition coefficient (Wildman–Crippen LogP) is 1.83. The van der Waals surface area contributed by atoms with Crippen molar-refractivity contribution in [3.8, 4) is 0 Å². The van der Waals surface area contributed by atoms with E-state index in [1.807, 2.05) is 0 Å². The number of rotatable bonds is 7. The standard InChI is InChI=1S/C15H31N3/c1-13(2)11-18-9-6-15(12-16,7-10-18)17-8-5-14-3-4-14/h13-14,17H,3-12,16H2,1-2H3. The van der Waals surface area contributed by atoms with Gasteiger partial charge in [0, 0.05) is 18.6 Å². The van der Waals surface area contributed by atoms with E-state index in [2.05, 4.69) is 24.1 Å². The van der Waals surface area contributed by atoms with Crippen LogP contribution in [0.2, 0.25) is 0 Å². The number of hydrogen-bond acceptors (Lipinski definition) is 3. The topological polar surface area (TPSA) is 41.3 Å². The van der Waals surface area contributed by atoms with E-state index in [0.717, 1.165) is 18.4 Å². The van der Waals surface area contributed by atoms with E-state index >= 15 is 0 Å². The summed E-state index contributed by atoms with van der Waals surface area (Å²) in [6.45, 7) is 10.2. The van der Waals surface area contributed by atoms with Crippen LogP contribution in [-0.4, -0.2) is 43.2 Å². The molecule has 1 aliphatic carbocycles. The zero-order valence-corrected chi connectivity index (χ0v) is 12.3. The Morgan fingerprint density at radius 3 is 2.44 bits per heavy atom. The van der Waals surface area contributed by atoms with Crippen molar-refractivity contribution < 1.29 is 0 Å². The number of likely N-dealkylation sites (tertiary alicyclic amines) is 1. The number of nitrogens with zero attached hydrogens (tertiary/aromatic N) is 1. The van der Waals surface area contributed by atoms with Gasteiger partial charge < -0.3 is 16.0 Å². The van der Waals surface area contributed by atoms with E-state index in [1.54, 1.807) is 0 Å². The van der Waals surface area contributed by atoms with E-state index < -0.39 is 0 Å². The largest absolute Gasteiger partial charge is 0.329 e. The maximum atomic E-state index is 6.04. The zero-order chi connectivity index (χ0) is 13.0. The summed E-state index contributed by atoms with van der Waals surface area (Å²) in [5.41, 5.74) is 6.27. The van der Waals surface area contributed by atoms with E-state index in [4.69, 9.17) is 5.73 Å².